The van der Waals surface area contributed by atoms with Gasteiger partial charge in [0.1, 0.15) is 0 Å². The molecule has 1 saturated heterocycles. The number of ether oxygens (including phenoxy) is 1. The van der Waals surface area contributed by atoms with E-state index in [1.807, 2.05) is 35.4 Å². The van der Waals surface area contributed by atoms with E-state index in [4.69, 9.17) is 4.74 Å². The molecule has 1 amide bonds. The van der Waals surface area contributed by atoms with Crippen molar-refractivity contribution >= 4 is 22.9 Å². The number of para-hydroxylation sites is 1. The molecule has 136 valence electrons. The zero-order valence-corrected chi connectivity index (χ0v) is 15.3. The number of aromatic nitrogens is 2. The molecule has 0 atom stereocenters. The Morgan fingerprint density at radius 1 is 1.11 bits per heavy atom. The first-order valence-electron chi connectivity index (χ1n) is 9.35. The molecule has 27 heavy (non-hydrogen) atoms. The Labute approximate surface area is 157 Å². The zero-order valence-electron chi connectivity index (χ0n) is 15.3. The second kappa shape index (κ2) is 6.35. The van der Waals surface area contributed by atoms with Gasteiger partial charge in [-0.3, -0.25) is 9.78 Å². The van der Waals surface area contributed by atoms with Gasteiger partial charge in [-0.1, -0.05) is 24.3 Å². The van der Waals surface area contributed by atoms with E-state index in [0.717, 1.165) is 28.0 Å². The number of amides is 1. The topological polar surface area (TPSA) is 47.4 Å². The van der Waals surface area contributed by atoms with Crippen molar-refractivity contribution in [3.63, 3.8) is 0 Å². The summed E-state index contributed by atoms with van der Waals surface area (Å²) < 4.78 is 7.65. The number of fused-ring (bicyclic) bond motifs is 5. The number of hydrogen-bond acceptors (Lipinski definition) is 3. The number of pyridine rings is 1. The van der Waals surface area contributed by atoms with Crippen molar-refractivity contribution in [2.75, 3.05) is 26.3 Å². The Morgan fingerprint density at radius 3 is 2.78 bits per heavy atom. The fraction of sp³-hybridized carbons (Fsp3) is 0.273. The van der Waals surface area contributed by atoms with Crippen LogP contribution < -0.4 is 0 Å². The number of benzene rings is 1. The maximum atomic E-state index is 13.2. The van der Waals surface area contributed by atoms with Crippen LogP contribution in [0.25, 0.3) is 28.4 Å². The monoisotopic (exact) mass is 359 g/mol. The third-order valence-corrected chi connectivity index (χ3v) is 5.52. The van der Waals surface area contributed by atoms with E-state index < -0.39 is 0 Å². The Bertz CT molecular complexity index is 1070. The third kappa shape index (κ3) is 2.58. The van der Waals surface area contributed by atoms with Gasteiger partial charge in [0.05, 0.1) is 31.1 Å². The number of rotatable bonds is 1. The lowest BCUT2D eigenvalue weighted by atomic mass is 10.0. The van der Waals surface area contributed by atoms with Crippen LogP contribution in [0.2, 0.25) is 0 Å². The average Bonchev–Trinajstić information content (AvgIpc) is 2.89. The molecule has 1 fully saturated rings. The Kier molecular flexibility index (Phi) is 3.83. The van der Waals surface area contributed by atoms with Crippen molar-refractivity contribution < 1.29 is 9.53 Å². The highest BCUT2D eigenvalue weighted by Crippen LogP contribution is 2.37. The maximum absolute atomic E-state index is 13.2. The summed E-state index contributed by atoms with van der Waals surface area (Å²) in [6.45, 7) is 5.20. The summed E-state index contributed by atoms with van der Waals surface area (Å²) in [6.07, 6.45) is 3.84. The highest BCUT2D eigenvalue weighted by atomic mass is 16.5. The summed E-state index contributed by atoms with van der Waals surface area (Å²) in [7, 11) is 0. The maximum Gasteiger partial charge on any atom is 0.251 e. The average molecular weight is 359 g/mol. The molecule has 4 heterocycles. The number of hydrogen-bond donors (Lipinski definition) is 0. The SMILES string of the molecule is Cc1c2n(c3ccccc13)CC(C(=O)N1CCOCC1)=Cc1cccnc1-2. The van der Waals surface area contributed by atoms with Crippen molar-refractivity contribution in [1.82, 2.24) is 14.5 Å². The van der Waals surface area contributed by atoms with Crippen molar-refractivity contribution in [1.29, 1.82) is 0 Å². The molecule has 0 saturated carbocycles. The van der Waals surface area contributed by atoms with Crippen LogP contribution in [-0.4, -0.2) is 46.7 Å². The van der Waals surface area contributed by atoms with Gasteiger partial charge in [0.25, 0.3) is 5.91 Å². The molecular weight excluding hydrogens is 338 g/mol. The Morgan fingerprint density at radius 2 is 1.93 bits per heavy atom. The fourth-order valence-corrected chi connectivity index (χ4v) is 4.18. The molecule has 2 aliphatic rings. The van der Waals surface area contributed by atoms with Crippen LogP contribution in [0, 0.1) is 6.92 Å². The van der Waals surface area contributed by atoms with Gasteiger partial charge < -0.3 is 14.2 Å². The van der Waals surface area contributed by atoms with E-state index in [9.17, 15) is 4.79 Å². The standard InChI is InChI=1S/C22H21N3O2/c1-15-18-6-2-3-7-19(18)25-14-17(22(26)24-9-11-27-12-10-24)13-16-5-4-8-23-20(16)21(15)25/h2-8,13H,9-12,14H2,1H3. The first-order valence-corrected chi connectivity index (χ1v) is 9.35. The lowest BCUT2D eigenvalue weighted by molar-refractivity contribution is -0.131. The molecular formula is C22H21N3O2. The predicted molar refractivity (Wildman–Crippen MR) is 105 cm³/mol. The normalized spacial score (nSPS) is 16.5. The smallest absolute Gasteiger partial charge is 0.251 e. The molecule has 0 bridgehead atoms. The van der Waals surface area contributed by atoms with Crippen LogP contribution in [-0.2, 0) is 16.1 Å². The molecule has 0 spiro atoms. The fourth-order valence-electron chi connectivity index (χ4n) is 4.18. The van der Waals surface area contributed by atoms with Gasteiger partial charge in [0.15, 0.2) is 0 Å². The van der Waals surface area contributed by atoms with Gasteiger partial charge in [-0.25, -0.2) is 0 Å². The van der Waals surface area contributed by atoms with Crippen molar-refractivity contribution in [3.8, 4) is 11.4 Å². The summed E-state index contributed by atoms with van der Waals surface area (Å²) in [6, 6.07) is 12.3. The lowest BCUT2D eigenvalue weighted by Crippen LogP contribution is -2.41. The first-order chi connectivity index (χ1) is 13.2. The number of morpholine rings is 1. The van der Waals surface area contributed by atoms with Crippen LogP contribution in [0.1, 0.15) is 11.1 Å². The van der Waals surface area contributed by atoms with E-state index in [0.29, 0.717) is 32.8 Å². The summed E-state index contributed by atoms with van der Waals surface area (Å²) in [5.74, 6) is 0.0939. The molecule has 5 rings (SSSR count). The Balaban J connectivity index is 1.71. The number of aryl methyl sites for hydroxylation is 1. The molecule has 0 N–H and O–H groups in total. The molecule has 0 radical (unpaired) electrons. The third-order valence-electron chi connectivity index (χ3n) is 5.52. The van der Waals surface area contributed by atoms with Gasteiger partial charge in [0.2, 0.25) is 0 Å². The van der Waals surface area contributed by atoms with E-state index in [2.05, 4.69) is 34.7 Å². The minimum Gasteiger partial charge on any atom is -0.378 e. The van der Waals surface area contributed by atoms with Gasteiger partial charge in [-0.15, -0.1) is 0 Å². The van der Waals surface area contributed by atoms with Gasteiger partial charge in [-0.05, 0) is 30.7 Å². The van der Waals surface area contributed by atoms with E-state index in [-0.39, 0.29) is 5.91 Å². The number of nitrogens with zero attached hydrogens (tertiary/aromatic N) is 3. The van der Waals surface area contributed by atoms with Crippen molar-refractivity contribution in [3.05, 3.63) is 59.3 Å². The number of carbonyl (C=O) groups is 1. The summed E-state index contributed by atoms with van der Waals surface area (Å²) in [5.41, 5.74) is 6.19. The van der Waals surface area contributed by atoms with Gasteiger partial charge in [0, 0.05) is 41.3 Å². The highest BCUT2D eigenvalue weighted by Gasteiger charge is 2.27. The second-order valence-corrected chi connectivity index (χ2v) is 7.09. The van der Waals surface area contributed by atoms with Gasteiger partial charge in [-0.2, -0.15) is 0 Å². The Hall–Kier alpha value is -2.92. The molecule has 3 aromatic rings. The van der Waals surface area contributed by atoms with Crippen LogP contribution in [0.3, 0.4) is 0 Å². The van der Waals surface area contributed by atoms with Crippen molar-refractivity contribution in [2.24, 2.45) is 0 Å². The minimum absolute atomic E-state index is 0.0939. The van der Waals surface area contributed by atoms with Crippen LogP contribution >= 0.6 is 0 Å². The van der Waals surface area contributed by atoms with Crippen LogP contribution in [0.4, 0.5) is 0 Å². The molecule has 2 aliphatic heterocycles. The minimum atomic E-state index is 0.0939. The summed E-state index contributed by atoms with van der Waals surface area (Å²) in [5, 5.41) is 1.21. The summed E-state index contributed by atoms with van der Waals surface area (Å²) >= 11 is 0. The molecule has 5 heteroatoms. The van der Waals surface area contributed by atoms with Crippen LogP contribution in [0.5, 0.6) is 0 Å². The summed E-state index contributed by atoms with van der Waals surface area (Å²) in [4.78, 5) is 19.8. The zero-order chi connectivity index (χ0) is 18.4. The highest BCUT2D eigenvalue weighted by molar-refractivity contribution is 6.01. The van der Waals surface area contributed by atoms with E-state index in [1.54, 1.807) is 0 Å². The number of carbonyl (C=O) groups excluding carboxylic acids is 1. The predicted octanol–water partition coefficient (Wildman–Crippen LogP) is 3.27. The van der Waals surface area contributed by atoms with E-state index >= 15 is 0 Å². The second-order valence-electron chi connectivity index (χ2n) is 7.09. The van der Waals surface area contributed by atoms with Crippen LogP contribution in [0.15, 0.2) is 48.2 Å². The molecule has 0 unspecified atom stereocenters. The van der Waals surface area contributed by atoms with Gasteiger partial charge >= 0.3 is 0 Å². The van der Waals surface area contributed by atoms with E-state index in [1.165, 1.54) is 10.9 Å². The lowest BCUT2D eigenvalue weighted by Gasteiger charge is -2.28. The van der Waals surface area contributed by atoms with Crippen molar-refractivity contribution in [2.45, 2.75) is 13.5 Å². The molecule has 0 aliphatic carbocycles. The first kappa shape index (κ1) is 16.3. The molecule has 2 aromatic heterocycles. The largest absolute Gasteiger partial charge is 0.378 e. The quantitative estimate of drug-likeness (QED) is 0.670. The molecule has 1 aromatic carbocycles. The molecule has 5 nitrogen and oxygen atoms in total.